The average Bonchev–Trinajstić information content (AvgIpc) is 3.66. The number of hydrogen-bond donors (Lipinski definition) is 5. The van der Waals surface area contributed by atoms with E-state index >= 15 is 4.39 Å². The fourth-order valence-corrected chi connectivity index (χ4v) is 6.94. The van der Waals surface area contributed by atoms with Crippen LogP contribution in [0.2, 0.25) is 0 Å². The number of aromatic amines is 1. The molecule has 0 amide bonds. The van der Waals surface area contributed by atoms with E-state index in [0.717, 1.165) is 50.0 Å². The molecule has 0 radical (unpaired) electrons. The first-order chi connectivity index (χ1) is 21.2. The lowest BCUT2D eigenvalue weighted by molar-refractivity contribution is 0.407. The predicted octanol–water partition coefficient (Wildman–Crippen LogP) is 3.69. The van der Waals surface area contributed by atoms with Gasteiger partial charge in [0.15, 0.2) is 0 Å². The van der Waals surface area contributed by atoms with E-state index in [1.807, 2.05) is 31.3 Å². The van der Waals surface area contributed by atoms with Gasteiger partial charge in [-0.3, -0.25) is 4.31 Å². The van der Waals surface area contributed by atoms with E-state index in [2.05, 4.69) is 36.1 Å². The zero-order valence-corrected chi connectivity index (χ0v) is 25.9. The summed E-state index contributed by atoms with van der Waals surface area (Å²) in [5.74, 6) is 0.781. The molecule has 2 aliphatic rings. The predicted molar refractivity (Wildman–Crippen MR) is 173 cm³/mol. The molecule has 6 rings (SSSR count). The number of piperidine rings is 1. The Labute approximate surface area is 256 Å². The summed E-state index contributed by atoms with van der Waals surface area (Å²) in [4.78, 5) is 14.5. The number of para-hydroxylation sites is 1. The lowest BCUT2D eigenvalue weighted by atomic mass is 10.0. The number of H-pyrrole nitrogens is 1. The summed E-state index contributed by atoms with van der Waals surface area (Å²) >= 11 is 0. The molecule has 4 aromatic rings. The highest BCUT2D eigenvalue weighted by Gasteiger charge is 2.29. The van der Waals surface area contributed by atoms with Crippen LogP contribution in [-0.2, 0) is 16.4 Å². The number of halogens is 1. The molecule has 0 unspecified atom stereocenters. The molecule has 2 aromatic carbocycles. The summed E-state index contributed by atoms with van der Waals surface area (Å²) in [5.41, 5.74) is 3.61. The maximum Gasteiger partial charge on any atom is 0.232 e. The molecule has 0 bridgehead atoms. The molecule has 2 aliphatic heterocycles. The molecule has 2 aromatic heterocycles. The minimum absolute atomic E-state index is 0.217. The van der Waals surface area contributed by atoms with Crippen LogP contribution in [-0.4, -0.2) is 82.5 Å². The quantitative estimate of drug-likeness (QED) is 0.157. The first-order valence-corrected chi connectivity index (χ1v) is 16.6. The van der Waals surface area contributed by atoms with Gasteiger partial charge in [-0.2, -0.15) is 9.97 Å². The lowest BCUT2D eigenvalue weighted by Gasteiger charge is -2.34. The van der Waals surface area contributed by atoms with Crippen molar-refractivity contribution >= 4 is 55.6 Å². The van der Waals surface area contributed by atoms with Crippen LogP contribution in [0.3, 0.4) is 0 Å². The van der Waals surface area contributed by atoms with Crippen LogP contribution in [0, 0.1) is 5.82 Å². The second-order valence-electron chi connectivity index (χ2n) is 11.1. The van der Waals surface area contributed by atoms with Crippen LogP contribution in [0.1, 0.15) is 18.4 Å². The van der Waals surface area contributed by atoms with Crippen molar-refractivity contribution in [3.05, 3.63) is 54.0 Å². The van der Waals surface area contributed by atoms with Gasteiger partial charge >= 0.3 is 0 Å². The Bertz CT molecular complexity index is 1760. The molecule has 5 N–H and O–H groups in total. The van der Waals surface area contributed by atoms with Gasteiger partial charge in [-0.15, -0.1) is 0 Å². The van der Waals surface area contributed by atoms with E-state index in [0.29, 0.717) is 59.0 Å². The van der Waals surface area contributed by atoms with Gasteiger partial charge in [-0.1, -0.05) is 12.1 Å². The zero-order chi connectivity index (χ0) is 30.8. The maximum absolute atomic E-state index is 15.6. The van der Waals surface area contributed by atoms with Gasteiger partial charge in [0.05, 0.1) is 41.5 Å². The summed E-state index contributed by atoms with van der Waals surface area (Å²) in [6, 6.07) is 11.0. The van der Waals surface area contributed by atoms with E-state index in [-0.39, 0.29) is 11.8 Å². The average molecular weight is 624 g/mol. The second kappa shape index (κ2) is 12.5. The van der Waals surface area contributed by atoms with Crippen molar-refractivity contribution in [3.8, 4) is 5.75 Å². The third-order valence-electron chi connectivity index (χ3n) is 8.18. The number of aromatic nitrogens is 3. The molecular weight excluding hydrogens is 585 g/mol. The molecule has 0 saturated carbocycles. The van der Waals surface area contributed by atoms with Crippen molar-refractivity contribution in [1.29, 1.82) is 0 Å². The molecule has 234 valence electrons. The smallest absolute Gasteiger partial charge is 0.232 e. The van der Waals surface area contributed by atoms with E-state index in [9.17, 15) is 8.42 Å². The number of benzene rings is 2. The van der Waals surface area contributed by atoms with Gasteiger partial charge in [0.1, 0.15) is 23.0 Å². The monoisotopic (exact) mass is 623 g/mol. The maximum atomic E-state index is 15.6. The molecule has 1 saturated heterocycles. The summed E-state index contributed by atoms with van der Waals surface area (Å²) in [5, 5.41) is 13.9. The van der Waals surface area contributed by atoms with Crippen LogP contribution in [0.5, 0.6) is 5.75 Å². The van der Waals surface area contributed by atoms with Gasteiger partial charge < -0.3 is 35.9 Å². The SMILES string of the molecule is CNCCNC1CCN(c2cc(OC)c(Nc3nc(Nc4cccc5c4N(S(C)(=O)=O)CC5)c4cc[nH]c4n3)cc2F)CC1. The number of likely N-dealkylation sites (N-methyl/N-ethyl adjacent to an activating group) is 1. The molecule has 44 heavy (non-hydrogen) atoms. The molecule has 0 aliphatic carbocycles. The minimum atomic E-state index is -3.46. The van der Waals surface area contributed by atoms with Gasteiger partial charge in [-0.05, 0) is 44.0 Å². The number of ether oxygens (including phenoxy) is 1. The number of sulfonamides is 1. The number of rotatable bonds is 11. The summed E-state index contributed by atoms with van der Waals surface area (Å²) in [6.07, 6.45) is 5.44. The van der Waals surface area contributed by atoms with Gasteiger partial charge in [0.2, 0.25) is 16.0 Å². The summed E-state index contributed by atoms with van der Waals surface area (Å²) in [7, 11) is 0.0238. The fourth-order valence-electron chi connectivity index (χ4n) is 5.97. The number of methoxy groups -OCH3 is 1. The number of fused-ring (bicyclic) bond motifs is 2. The van der Waals surface area contributed by atoms with Gasteiger partial charge in [-0.25, -0.2) is 12.8 Å². The molecule has 0 spiro atoms. The van der Waals surface area contributed by atoms with Crippen LogP contribution < -0.4 is 35.2 Å². The van der Waals surface area contributed by atoms with Crippen molar-refractivity contribution in [1.82, 2.24) is 25.6 Å². The highest BCUT2D eigenvalue weighted by Crippen LogP contribution is 2.40. The van der Waals surface area contributed by atoms with E-state index in [1.54, 1.807) is 19.4 Å². The third kappa shape index (κ3) is 6.10. The Kier molecular flexibility index (Phi) is 8.47. The fraction of sp³-hybridized carbons (Fsp3) is 0.400. The lowest BCUT2D eigenvalue weighted by Crippen LogP contribution is -2.44. The number of anilines is 6. The normalized spacial score (nSPS) is 15.5. The molecular formula is C30H38FN9O3S. The Morgan fingerprint density at radius 2 is 1.89 bits per heavy atom. The largest absolute Gasteiger partial charge is 0.494 e. The van der Waals surface area contributed by atoms with E-state index in [4.69, 9.17) is 9.72 Å². The van der Waals surface area contributed by atoms with Crippen LogP contribution in [0.25, 0.3) is 11.0 Å². The summed E-state index contributed by atoms with van der Waals surface area (Å²) in [6.45, 7) is 3.69. The molecule has 12 nitrogen and oxygen atoms in total. The highest BCUT2D eigenvalue weighted by atomic mass is 32.2. The third-order valence-corrected chi connectivity index (χ3v) is 9.35. The van der Waals surface area contributed by atoms with Crippen molar-refractivity contribution in [2.24, 2.45) is 0 Å². The highest BCUT2D eigenvalue weighted by molar-refractivity contribution is 7.92. The number of nitrogens with zero attached hydrogens (tertiary/aromatic N) is 4. The number of nitrogens with one attached hydrogen (secondary N) is 5. The minimum Gasteiger partial charge on any atom is -0.494 e. The molecule has 14 heteroatoms. The Morgan fingerprint density at radius 3 is 2.64 bits per heavy atom. The van der Waals surface area contributed by atoms with Crippen molar-refractivity contribution in [3.63, 3.8) is 0 Å². The Morgan fingerprint density at radius 1 is 1.07 bits per heavy atom. The zero-order valence-electron chi connectivity index (χ0n) is 25.1. The topological polar surface area (TPSA) is 140 Å². The molecule has 1 fully saturated rings. The first kappa shape index (κ1) is 29.9. The van der Waals surface area contributed by atoms with Crippen molar-refractivity contribution in [2.45, 2.75) is 25.3 Å². The van der Waals surface area contributed by atoms with E-state index < -0.39 is 10.0 Å². The number of hydrogen-bond acceptors (Lipinski definition) is 10. The van der Waals surface area contributed by atoms with E-state index in [1.165, 1.54) is 16.6 Å². The first-order valence-electron chi connectivity index (χ1n) is 14.7. The van der Waals surface area contributed by atoms with Crippen LogP contribution >= 0.6 is 0 Å². The molecule has 0 atom stereocenters. The standard InChI is InChI=1S/C30H38FN9O3S/c1-32-12-13-33-20-9-14-39(15-10-20)25-18-26(43-2)24(17-22(25)31)36-30-37-28-21(7-11-34-28)29(38-30)35-23-6-4-5-19-8-16-40(27(19)23)44(3,41)42/h4-7,11,17-18,20,32-33H,8-10,12-16H2,1-3H3,(H3,34,35,36,37,38). The van der Waals surface area contributed by atoms with Gasteiger partial charge in [0.25, 0.3) is 0 Å². The molecule has 4 heterocycles. The Hall–Kier alpha value is -4.14. The summed E-state index contributed by atoms with van der Waals surface area (Å²) < 4.78 is 47.7. The van der Waals surface area contributed by atoms with Gasteiger partial charge in [0, 0.05) is 57.1 Å². The Balaban J connectivity index is 1.25. The van der Waals surface area contributed by atoms with Crippen molar-refractivity contribution < 1.29 is 17.5 Å². The van der Waals surface area contributed by atoms with Crippen LogP contribution in [0.4, 0.5) is 38.9 Å². The van der Waals surface area contributed by atoms with Crippen LogP contribution in [0.15, 0.2) is 42.6 Å². The second-order valence-corrected chi connectivity index (χ2v) is 13.0. The van der Waals surface area contributed by atoms with Crippen molar-refractivity contribution in [2.75, 3.05) is 73.0 Å².